The summed E-state index contributed by atoms with van der Waals surface area (Å²) in [6.07, 6.45) is -0.784. The van der Waals surface area contributed by atoms with Gasteiger partial charge in [0.15, 0.2) is 25.0 Å². The highest BCUT2D eigenvalue weighted by Gasteiger charge is 2.53. The van der Waals surface area contributed by atoms with Gasteiger partial charge in [0.2, 0.25) is 0 Å². The number of ether oxygens (including phenoxy) is 1. The van der Waals surface area contributed by atoms with E-state index in [9.17, 15) is 4.79 Å². The van der Waals surface area contributed by atoms with Gasteiger partial charge in [-0.3, -0.25) is 4.90 Å². The molecule has 1 aliphatic rings. The number of carbonyl (C=O) groups excluding carboxylic acids is 1. The van der Waals surface area contributed by atoms with Crippen molar-refractivity contribution in [2.75, 3.05) is 13.2 Å². The van der Waals surface area contributed by atoms with Crippen LogP contribution >= 0.6 is 0 Å². The van der Waals surface area contributed by atoms with Crippen LogP contribution in [-0.4, -0.2) is 67.3 Å². The van der Waals surface area contributed by atoms with Crippen LogP contribution in [-0.2, 0) is 24.6 Å². The molecule has 0 radical (unpaired) electrons. The second kappa shape index (κ2) is 13.2. The van der Waals surface area contributed by atoms with Crippen molar-refractivity contribution in [1.82, 2.24) is 4.90 Å². The van der Waals surface area contributed by atoms with Crippen LogP contribution in [0.1, 0.15) is 74.8 Å². The Hall–Kier alpha value is -0.979. The van der Waals surface area contributed by atoms with Crippen molar-refractivity contribution in [2.45, 2.75) is 148 Å². The molecule has 0 spiro atoms. The number of nitrogens with zero attached hydrogens (tertiary/aromatic N) is 1. The van der Waals surface area contributed by atoms with Gasteiger partial charge >= 0.3 is 6.09 Å². The number of hydrogen-bond acceptors (Lipinski definition) is 5. The Morgan fingerprint density at radius 3 is 1.67 bits per heavy atom. The molecule has 1 aliphatic heterocycles. The largest absolute Gasteiger partial charge is 0.445 e. The summed E-state index contributed by atoms with van der Waals surface area (Å²) in [6.45, 7) is 37.5. The first-order chi connectivity index (χ1) is 18.8. The Bertz CT molecular complexity index is 1020. The Morgan fingerprint density at radius 1 is 0.762 bits per heavy atom. The van der Waals surface area contributed by atoms with Gasteiger partial charge in [0.25, 0.3) is 0 Å². The summed E-state index contributed by atoms with van der Waals surface area (Å²) in [5, 5.41) is 0.0895. The zero-order valence-corrected chi connectivity index (χ0v) is 32.8. The lowest BCUT2D eigenvalue weighted by atomic mass is 9.89. The fourth-order valence-corrected chi connectivity index (χ4v) is 8.09. The van der Waals surface area contributed by atoms with Crippen molar-refractivity contribution in [3.8, 4) is 0 Å². The van der Waals surface area contributed by atoms with Crippen LogP contribution in [0.2, 0.25) is 54.4 Å². The fourth-order valence-electron chi connectivity index (χ4n) is 4.34. The number of rotatable bonds is 9. The van der Waals surface area contributed by atoms with E-state index in [0.717, 1.165) is 5.56 Å². The van der Waals surface area contributed by atoms with Crippen LogP contribution in [0.25, 0.3) is 0 Å². The number of hydrogen-bond donors (Lipinski definition) is 0. The van der Waals surface area contributed by atoms with Gasteiger partial charge in [-0.2, -0.15) is 0 Å². The van der Waals surface area contributed by atoms with E-state index in [1.165, 1.54) is 0 Å². The van der Waals surface area contributed by atoms with E-state index in [2.05, 4.69) is 109 Å². The van der Waals surface area contributed by atoms with Gasteiger partial charge in [-0.25, -0.2) is 4.79 Å². The first-order valence-electron chi connectivity index (χ1n) is 15.8. The maximum absolute atomic E-state index is 13.9. The molecule has 0 aliphatic carbocycles. The summed E-state index contributed by atoms with van der Waals surface area (Å²) in [5.74, 6) is 0.0716. The Kier molecular flexibility index (Phi) is 11.7. The summed E-state index contributed by atoms with van der Waals surface area (Å²) in [5.41, 5.74) is 0.971. The molecule has 1 aromatic carbocycles. The molecule has 0 saturated carbocycles. The molecule has 42 heavy (non-hydrogen) atoms. The number of amides is 1. The van der Waals surface area contributed by atoms with Gasteiger partial charge in [0.1, 0.15) is 6.61 Å². The average Bonchev–Trinajstić information content (AvgIpc) is 2.82. The van der Waals surface area contributed by atoms with Gasteiger partial charge in [-0.1, -0.05) is 99.6 Å². The van der Waals surface area contributed by atoms with Gasteiger partial charge in [0, 0.05) is 12.5 Å². The summed E-state index contributed by atoms with van der Waals surface area (Å²) in [4.78, 5) is 15.8. The lowest BCUT2D eigenvalue weighted by Crippen LogP contribution is -2.67. The van der Waals surface area contributed by atoms with Gasteiger partial charge in [0.05, 0.1) is 24.9 Å². The second-order valence-corrected chi connectivity index (χ2v) is 31.3. The second-order valence-electron chi connectivity index (χ2n) is 17.0. The third-order valence-corrected chi connectivity index (χ3v) is 23.9. The maximum atomic E-state index is 13.9. The molecule has 2 rings (SSSR count). The molecule has 9 heteroatoms. The van der Waals surface area contributed by atoms with Gasteiger partial charge in [-0.05, 0) is 60.0 Å². The zero-order chi connectivity index (χ0) is 32.5. The summed E-state index contributed by atoms with van der Waals surface area (Å²) < 4.78 is 27.4. The van der Waals surface area contributed by atoms with Crippen LogP contribution in [0.4, 0.5) is 4.79 Å². The normalized spacial score (nSPS) is 23.2. The molecule has 1 aromatic rings. The van der Waals surface area contributed by atoms with E-state index in [4.69, 9.17) is 18.0 Å². The number of likely N-dealkylation sites (tertiary alicyclic amines) is 1. The molecule has 1 amide bonds. The lowest BCUT2D eigenvalue weighted by molar-refractivity contribution is -0.0948. The number of carbonyl (C=O) groups is 1. The standard InChI is InChI=1S/C33H63NO5Si3/c1-25-22-34(30(35)36-23-26-20-18-17-19-21-26)27(24-37-40(11,12)31(2,3)4)29(39-42(15,16)33(8,9)10)28(25)38-41(13,14)32(5,6)7/h17-21,25,27-29H,22-24H2,1-16H3/t25-,27+,28+,29+/m0/s1. The van der Waals surface area contributed by atoms with Crippen molar-refractivity contribution in [3.63, 3.8) is 0 Å². The van der Waals surface area contributed by atoms with E-state index in [0.29, 0.717) is 13.2 Å². The maximum Gasteiger partial charge on any atom is 0.410 e. The summed E-state index contributed by atoms with van der Waals surface area (Å²) >= 11 is 0. The number of piperidine rings is 1. The topological polar surface area (TPSA) is 57.2 Å². The molecule has 242 valence electrons. The van der Waals surface area contributed by atoms with Crippen LogP contribution in [0.15, 0.2) is 30.3 Å². The molecule has 1 saturated heterocycles. The van der Waals surface area contributed by atoms with Crippen LogP contribution < -0.4 is 0 Å². The quantitative estimate of drug-likeness (QED) is 0.253. The molecular formula is C33H63NO5Si3. The van der Waals surface area contributed by atoms with Crippen molar-refractivity contribution >= 4 is 31.0 Å². The predicted molar refractivity (Wildman–Crippen MR) is 184 cm³/mol. The van der Waals surface area contributed by atoms with Crippen molar-refractivity contribution in [3.05, 3.63) is 35.9 Å². The highest BCUT2D eigenvalue weighted by atomic mass is 28.4. The predicted octanol–water partition coefficient (Wildman–Crippen LogP) is 9.45. The van der Waals surface area contributed by atoms with Crippen molar-refractivity contribution in [2.24, 2.45) is 5.92 Å². The Balaban J connectivity index is 2.59. The van der Waals surface area contributed by atoms with Crippen LogP contribution in [0.3, 0.4) is 0 Å². The van der Waals surface area contributed by atoms with E-state index in [1.807, 2.05) is 35.2 Å². The highest BCUT2D eigenvalue weighted by molar-refractivity contribution is 6.75. The molecular weight excluding hydrogens is 575 g/mol. The molecule has 6 nitrogen and oxygen atoms in total. The Labute approximate surface area is 261 Å². The van der Waals surface area contributed by atoms with Crippen LogP contribution in [0, 0.1) is 5.92 Å². The van der Waals surface area contributed by atoms with Gasteiger partial charge in [-0.15, -0.1) is 0 Å². The zero-order valence-electron chi connectivity index (χ0n) is 29.8. The minimum Gasteiger partial charge on any atom is -0.445 e. The Morgan fingerprint density at radius 2 is 1.21 bits per heavy atom. The molecule has 1 fully saturated rings. The third kappa shape index (κ3) is 9.03. The van der Waals surface area contributed by atoms with Crippen molar-refractivity contribution < 1.29 is 22.8 Å². The molecule has 4 atom stereocenters. The van der Waals surface area contributed by atoms with E-state index < -0.39 is 25.0 Å². The lowest BCUT2D eigenvalue weighted by Gasteiger charge is -2.54. The smallest absolute Gasteiger partial charge is 0.410 e. The average molecular weight is 638 g/mol. The molecule has 0 aromatic heterocycles. The first kappa shape index (κ1) is 37.2. The highest BCUT2D eigenvalue weighted by Crippen LogP contribution is 2.44. The third-order valence-electron chi connectivity index (χ3n) is 10.5. The monoisotopic (exact) mass is 637 g/mol. The fraction of sp³-hybridized carbons (Fsp3) is 0.788. The summed E-state index contributed by atoms with van der Waals surface area (Å²) in [6, 6.07) is 9.55. The minimum absolute atomic E-state index is 0.00129. The molecule has 0 unspecified atom stereocenters. The van der Waals surface area contributed by atoms with E-state index in [-0.39, 0.29) is 52.0 Å². The molecule has 0 bridgehead atoms. The summed E-state index contributed by atoms with van der Waals surface area (Å²) in [7, 11) is -6.54. The minimum atomic E-state index is -2.26. The van der Waals surface area contributed by atoms with Crippen LogP contribution in [0.5, 0.6) is 0 Å². The van der Waals surface area contributed by atoms with Crippen molar-refractivity contribution in [1.29, 1.82) is 0 Å². The van der Waals surface area contributed by atoms with Gasteiger partial charge < -0.3 is 18.0 Å². The number of benzene rings is 1. The molecule has 1 heterocycles. The first-order valence-corrected chi connectivity index (χ1v) is 24.5. The molecule has 0 N–H and O–H groups in total. The van der Waals surface area contributed by atoms with E-state index >= 15 is 0 Å². The SMILES string of the molecule is C[C@H]1CN(C(=O)OCc2ccccc2)[C@H](CO[Si](C)(C)C(C)(C)C)[C@@H](O[Si](C)(C)C(C)(C)C)[C@@H]1O[Si](C)(C)C(C)(C)C. The van der Waals surface area contributed by atoms with E-state index in [1.54, 1.807) is 0 Å².